The highest BCUT2D eigenvalue weighted by Crippen LogP contribution is 2.36. The van der Waals surface area contributed by atoms with E-state index in [4.69, 9.17) is 23.2 Å². The number of hydrogen-bond donors (Lipinski definition) is 0. The van der Waals surface area contributed by atoms with E-state index in [-0.39, 0.29) is 0 Å². The molecule has 0 atom stereocenters. The number of halogens is 3. The SMILES string of the molecule is Clc1cc(-c2nn3cnnc3s2)cc(Cl)c1Br. The first-order chi connectivity index (χ1) is 8.15. The van der Waals surface area contributed by atoms with Gasteiger partial charge in [-0.25, -0.2) is 0 Å². The Hall–Kier alpha value is -0.690. The summed E-state index contributed by atoms with van der Waals surface area (Å²) in [5.41, 5.74) is 0.860. The third kappa shape index (κ3) is 1.95. The van der Waals surface area contributed by atoms with Crippen molar-refractivity contribution in [2.45, 2.75) is 0 Å². The minimum absolute atomic E-state index is 0.554. The van der Waals surface area contributed by atoms with Crippen molar-refractivity contribution in [2.75, 3.05) is 0 Å². The lowest BCUT2D eigenvalue weighted by atomic mass is 10.2. The molecule has 2 heterocycles. The molecule has 3 rings (SSSR count). The Bertz CT molecular complexity index is 656. The van der Waals surface area contributed by atoms with Crippen LogP contribution in [0.3, 0.4) is 0 Å². The number of nitrogens with zero attached hydrogens (tertiary/aromatic N) is 4. The quantitative estimate of drug-likeness (QED) is 0.625. The molecule has 1 aromatic carbocycles. The fraction of sp³-hybridized carbons (Fsp3) is 0. The van der Waals surface area contributed by atoms with Crippen LogP contribution in [0.25, 0.3) is 15.5 Å². The molecular weight excluding hydrogens is 347 g/mol. The lowest BCUT2D eigenvalue weighted by Crippen LogP contribution is -1.83. The summed E-state index contributed by atoms with van der Waals surface area (Å²) >= 11 is 16.8. The van der Waals surface area contributed by atoms with Crippen LogP contribution in [0.1, 0.15) is 0 Å². The maximum atomic E-state index is 6.05. The first-order valence-corrected chi connectivity index (χ1v) is 6.83. The van der Waals surface area contributed by atoms with Crippen molar-refractivity contribution in [1.82, 2.24) is 19.8 Å². The van der Waals surface area contributed by atoms with Crippen molar-refractivity contribution < 1.29 is 0 Å². The molecule has 3 aromatic rings. The molecule has 0 bridgehead atoms. The van der Waals surface area contributed by atoms with E-state index >= 15 is 0 Å². The molecule has 0 spiro atoms. The predicted octanol–water partition coefficient (Wildman–Crippen LogP) is 3.92. The second-order valence-corrected chi connectivity index (χ2v) is 5.78. The second kappa shape index (κ2) is 4.20. The van der Waals surface area contributed by atoms with Crippen LogP contribution in [-0.2, 0) is 0 Å². The molecule has 0 aliphatic heterocycles. The van der Waals surface area contributed by atoms with Gasteiger partial charge in [0.1, 0.15) is 11.3 Å². The summed E-state index contributed by atoms with van der Waals surface area (Å²) in [6.45, 7) is 0. The highest BCUT2D eigenvalue weighted by molar-refractivity contribution is 9.10. The van der Waals surface area contributed by atoms with Crippen LogP contribution in [0.15, 0.2) is 22.9 Å². The minimum Gasteiger partial charge on any atom is -0.190 e. The van der Waals surface area contributed by atoms with E-state index in [1.165, 1.54) is 11.3 Å². The molecule has 0 fully saturated rings. The minimum atomic E-state index is 0.554. The van der Waals surface area contributed by atoms with Crippen molar-refractivity contribution >= 4 is 55.4 Å². The van der Waals surface area contributed by atoms with Gasteiger partial charge in [-0.1, -0.05) is 34.5 Å². The fourth-order valence-corrected chi connectivity index (χ4v) is 2.88. The standard InChI is InChI=1S/C9H3BrCl2N4S/c10-7-5(11)1-4(2-6(7)12)8-15-16-3-13-14-9(16)17-8/h1-3H. The second-order valence-electron chi connectivity index (χ2n) is 3.22. The van der Waals surface area contributed by atoms with Crippen LogP contribution in [0, 0.1) is 0 Å². The molecule has 0 aliphatic rings. The van der Waals surface area contributed by atoms with E-state index in [2.05, 4.69) is 31.2 Å². The number of hydrogen-bond acceptors (Lipinski definition) is 4. The van der Waals surface area contributed by atoms with Gasteiger partial charge >= 0.3 is 0 Å². The number of aromatic nitrogens is 4. The lowest BCUT2D eigenvalue weighted by Gasteiger charge is -2.02. The molecule has 0 saturated heterocycles. The Morgan fingerprint density at radius 1 is 1.24 bits per heavy atom. The summed E-state index contributed by atoms with van der Waals surface area (Å²) in [5.74, 6) is 0. The van der Waals surface area contributed by atoms with E-state index < -0.39 is 0 Å². The van der Waals surface area contributed by atoms with Crippen LogP contribution >= 0.6 is 50.5 Å². The van der Waals surface area contributed by atoms with Crippen molar-refractivity contribution in [3.8, 4) is 10.6 Å². The van der Waals surface area contributed by atoms with Gasteiger partial charge in [-0.3, -0.25) is 0 Å². The lowest BCUT2D eigenvalue weighted by molar-refractivity contribution is 0.960. The third-order valence-corrected chi connectivity index (χ3v) is 4.99. The summed E-state index contributed by atoms with van der Waals surface area (Å²) < 4.78 is 2.30. The van der Waals surface area contributed by atoms with Crippen LogP contribution in [0.5, 0.6) is 0 Å². The van der Waals surface area contributed by atoms with E-state index in [0.29, 0.717) is 14.5 Å². The normalized spacial score (nSPS) is 11.2. The topological polar surface area (TPSA) is 43.1 Å². The van der Waals surface area contributed by atoms with Gasteiger partial charge in [0, 0.05) is 5.56 Å². The van der Waals surface area contributed by atoms with E-state index in [1.807, 2.05) is 12.1 Å². The van der Waals surface area contributed by atoms with E-state index in [9.17, 15) is 0 Å². The molecule has 17 heavy (non-hydrogen) atoms. The van der Waals surface area contributed by atoms with Gasteiger partial charge in [-0.15, -0.1) is 10.2 Å². The number of benzene rings is 1. The Labute approximate surface area is 118 Å². The zero-order valence-corrected chi connectivity index (χ0v) is 12.0. The molecule has 0 radical (unpaired) electrons. The number of fused-ring (bicyclic) bond motifs is 1. The smallest absolute Gasteiger partial charge is 0.190 e. The first-order valence-electron chi connectivity index (χ1n) is 4.47. The highest BCUT2D eigenvalue weighted by atomic mass is 79.9. The van der Waals surface area contributed by atoms with Crippen molar-refractivity contribution in [3.05, 3.63) is 33.0 Å². The molecule has 86 valence electrons. The summed E-state index contributed by atoms with van der Waals surface area (Å²) in [5, 5.41) is 13.9. The molecular formula is C9H3BrCl2N4S. The largest absolute Gasteiger partial charge is 0.234 e. The van der Waals surface area contributed by atoms with Crippen LogP contribution in [0.4, 0.5) is 0 Å². The van der Waals surface area contributed by atoms with Crippen LogP contribution in [-0.4, -0.2) is 19.8 Å². The highest BCUT2D eigenvalue weighted by Gasteiger charge is 2.11. The van der Waals surface area contributed by atoms with Gasteiger partial charge in [-0.05, 0) is 28.1 Å². The zero-order valence-electron chi connectivity index (χ0n) is 8.06. The van der Waals surface area contributed by atoms with Gasteiger partial charge in [0.25, 0.3) is 0 Å². The summed E-state index contributed by atoms with van der Waals surface area (Å²) in [7, 11) is 0. The van der Waals surface area contributed by atoms with Crippen LogP contribution < -0.4 is 0 Å². The Morgan fingerprint density at radius 3 is 2.59 bits per heavy atom. The van der Waals surface area contributed by atoms with Gasteiger partial charge < -0.3 is 0 Å². The van der Waals surface area contributed by atoms with Gasteiger partial charge in [0.15, 0.2) is 0 Å². The summed E-state index contributed by atoms with van der Waals surface area (Å²) in [4.78, 5) is 0.732. The zero-order chi connectivity index (χ0) is 12.0. The Morgan fingerprint density at radius 2 is 1.94 bits per heavy atom. The van der Waals surface area contributed by atoms with Crippen molar-refractivity contribution in [1.29, 1.82) is 0 Å². The molecule has 2 aromatic heterocycles. The van der Waals surface area contributed by atoms with Crippen LogP contribution in [0.2, 0.25) is 10.0 Å². The molecule has 8 heteroatoms. The average Bonchev–Trinajstić information content (AvgIpc) is 2.84. The first kappa shape index (κ1) is 11.4. The Kier molecular flexibility index (Phi) is 2.82. The molecule has 0 N–H and O–H groups in total. The van der Waals surface area contributed by atoms with Gasteiger partial charge in [0.05, 0.1) is 14.5 Å². The molecule has 0 unspecified atom stereocenters. The molecule has 0 saturated carbocycles. The maximum absolute atomic E-state index is 6.05. The van der Waals surface area contributed by atoms with E-state index in [1.54, 1.807) is 10.8 Å². The molecule has 4 nitrogen and oxygen atoms in total. The predicted molar refractivity (Wildman–Crippen MR) is 71.8 cm³/mol. The maximum Gasteiger partial charge on any atom is 0.234 e. The fourth-order valence-electron chi connectivity index (χ4n) is 1.36. The van der Waals surface area contributed by atoms with Gasteiger partial charge in [-0.2, -0.15) is 9.61 Å². The average molecular weight is 350 g/mol. The summed E-state index contributed by atoms with van der Waals surface area (Å²) in [6.07, 6.45) is 1.55. The number of rotatable bonds is 1. The third-order valence-electron chi connectivity index (χ3n) is 2.12. The monoisotopic (exact) mass is 348 g/mol. The van der Waals surface area contributed by atoms with Gasteiger partial charge in [0.2, 0.25) is 4.96 Å². The summed E-state index contributed by atoms with van der Waals surface area (Å²) in [6, 6.07) is 3.62. The van der Waals surface area contributed by atoms with Crippen molar-refractivity contribution in [3.63, 3.8) is 0 Å². The van der Waals surface area contributed by atoms with E-state index in [0.717, 1.165) is 15.5 Å². The molecule has 0 aliphatic carbocycles. The van der Waals surface area contributed by atoms with Crippen molar-refractivity contribution in [2.24, 2.45) is 0 Å². The molecule has 0 amide bonds. The Balaban J connectivity index is 2.18.